The lowest BCUT2D eigenvalue weighted by Crippen LogP contribution is -2.18. The van der Waals surface area contributed by atoms with Crippen molar-refractivity contribution in [2.75, 3.05) is 0 Å². The van der Waals surface area contributed by atoms with Crippen molar-refractivity contribution in [1.82, 2.24) is 0 Å². The summed E-state index contributed by atoms with van der Waals surface area (Å²) in [4.78, 5) is 12.2. The predicted molar refractivity (Wildman–Crippen MR) is 73.3 cm³/mol. The van der Waals surface area contributed by atoms with Crippen molar-refractivity contribution in [3.8, 4) is 17.2 Å². The van der Waals surface area contributed by atoms with Crippen LogP contribution in [0.4, 0.5) is 0 Å². The summed E-state index contributed by atoms with van der Waals surface area (Å²) >= 11 is 0. The molecule has 1 aliphatic carbocycles. The van der Waals surface area contributed by atoms with Gasteiger partial charge in [-0.2, -0.15) is 0 Å². The fourth-order valence-corrected chi connectivity index (χ4v) is 2.83. The molecule has 0 aromatic heterocycles. The summed E-state index contributed by atoms with van der Waals surface area (Å²) < 4.78 is 0. The Morgan fingerprint density at radius 1 is 0.950 bits per heavy atom. The van der Waals surface area contributed by atoms with Crippen molar-refractivity contribution in [2.45, 2.75) is 18.8 Å². The topological polar surface area (TPSA) is 77.8 Å². The number of phenolic OH excluding ortho intramolecular Hbond substituents is 3. The molecule has 0 aliphatic heterocycles. The van der Waals surface area contributed by atoms with Crippen molar-refractivity contribution >= 4 is 5.78 Å². The zero-order valence-corrected chi connectivity index (χ0v) is 10.7. The molecule has 1 aliphatic rings. The van der Waals surface area contributed by atoms with Crippen LogP contribution in [0.5, 0.6) is 17.2 Å². The van der Waals surface area contributed by atoms with Gasteiger partial charge in [-0.25, -0.2) is 0 Å². The lowest BCUT2D eigenvalue weighted by Gasteiger charge is -2.24. The van der Waals surface area contributed by atoms with Crippen LogP contribution < -0.4 is 0 Å². The predicted octanol–water partition coefficient (Wildman–Crippen LogP) is 2.72. The average molecular weight is 270 g/mol. The minimum atomic E-state index is -0.167. The maximum atomic E-state index is 12.2. The van der Waals surface area contributed by atoms with Crippen LogP contribution in [0.2, 0.25) is 0 Å². The molecule has 2 aromatic rings. The second kappa shape index (κ2) is 4.56. The quantitative estimate of drug-likeness (QED) is 0.744. The number of carbonyl (C=O) groups excluding carboxylic acids is 1. The van der Waals surface area contributed by atoms with E-state index in [0.717, 1.165) is 5.56 Å². The zero-order valence-electron chi connectivity index (χ0n) is 10.7. The first-order valence-electron chi connectivity index (χ1n) is 6.41. The van der Waals surface area contributed by atoms with Crippen LogP contribution >= 0.6 is 0 Å². The van der Waals surface area contributed by atoms with Crippen molar-refractivity contribution in [3.63, 3.8) is 0 Å². The van der Waals surface area contributed by atoms with E-state index in [1.807, 2.05) is 6.07 Å². The first kappa shape index (κ1) is 12.5. The number of fused-ring (bicyclic) bond motifs is 1. The lowest BCUT2D eigenvalue weighted by atomic mass is 9.79. The Bertz CT molecular complexity index is 691. The first-order chi connectivity index (χ1) is 9.54. The molecule has 4 heteroatoms. The SMILES string of the molecule is O=C1C[C@@H](c2cccc(O)c2)Cc2cc(O)cc(O)c21. The Kier molecular flexibility index (Phi) is 2.86. The average Bonchev–Trinajstić information content (AvgIpc) is 2.37. The van der Waals surface area contributed by atoms with Crippen molar-refractivity contribution in [1.29, 1.82) is 0 Å². The highest BCUT2D eigenvalue weighted by Gasteiger charge is 2.29. The monoisotopic (exact) mass is 270 g/mol. The third kappa shape index (κ3) is 2.09. The normalized spacial score (nSPS) is 17.8. The molecule has 0 spiro atoms. The van der Waals surface area contributed by atoms with Crippen LogP contribution in [0.1, 0.15) is 33.8 Å². The second-order valence-electron chi connectivity index (χ2n) is 5.12. The van der Waals surface area contributed by atoms with Gasteiger partial charge in [0.2, 0.25) is 0 Å². The first-order valence-corrected chi connectivity index (χ1v) is 6.41. The minimum Gasteiger partial charge on any atom is -0.508 e. The molecule has 0 radical (unpaired) electrons. The van der Waals surface area contributed by atoms with E-state index in [2.05, 4.69) is 0 Å². The van der Waals surface area contributed by atoms with Crippen LogP contribution in [0.15, 0.2) is 36.4 Å². The molecule has 3 N–H and O–H groups in total. The van der Waals surface area contributed by atoms with Gasteiger partial charge in [-0.3, -0.25) is 4.79 Å². The summed E-state index contributed by atoms with van der Waals surface area (Å²) in [6.07, 6.45) is 0.835. The maximum Gasteiger partial charge on any atom is 0.167 e. The van der Waals surface area contributed by atoms with Gasteiger partial charge in [0.05, 0.1) is 5.56 Å². The molecule has 0 saturated carbocycles. The Labute approximate surface area is 115 Å². The standard InChI is InChI=1S/C16H14O4/c17-12-3-1-2-9(5-12)10-4-11-6-13(18)8-15(20)16(11)14(19)7-10/h1-3,5-6,8,10,17-18,20H,4,7H2/t10-/m0/s1. The van der Waals surface area contributed by atoms with Crippen LogP contribution in [0, 0.1) is 0 Å². The Morgan fingerprint density at radius 3 is 2.50 bits per heavy atom. The highest BCUT2D eigenvalue weighted by molar-refractivity contribution is 6.01. The van der Waals surface area contributed by atoms with Gasteiger partial charge in [0.25, 0.3) is 0 Å². The molecule has 0 amide bonds. The Hall–Kier alpha value is -2.49. The van der Waals surface area contributed by atoms with E-state index >= 15 is 0 Å². The van der Waals surface area contributed by atoms with Crippen LogP contribution in [-0.2, 0) is 6.42 Å². The molecule has 1 atom stereocenters. The molecule has 0 fully saturated rings. The fraction of sp³-hybridized carbons (Fsp3) is 0.188. The fourth-order valence-electron chi connectivity index (χ4n) is 2.83. The van der Waals surface area contributed by atoms with Gasteiger partial charge in [-0.05, 0) is 41.7 Å². The van der Waals surface area contributed by atoms with Gasteiger partial charge < -0.3 is 15.3 Å². The van der Waals surface area contributed by atoms with Crippen molar-refractivity contribution in [3.05, 3.63) is 53.1 Å². The smallest absolute Gasteiger partial charge is 0.167 e. The van der Waals surface area contributed by atoms with Gasteiger partial charge in [-0.1, -0.05) is 12.1 Å². The summed E-state index contributed by atoms with van der Waals surface area (Å²) in [5.74, 6) is -0.245. The Morgan fingerprint density at radius 2 is 1.75 bits per heavy atom. The summed E-state index contributed by atoms with van der Waals surface area (Å²) in [7, 11) is 0. The summed E-state index contributed by atoms with van der Waals surface area (Å²) in [6.45, 7) is 0. The molecule has 3 rings (SSSR count). The lowest BCUT2D eigenvalue weighted by molar-refractivity contribution is 0.0961. The highest BCUT2D eigenvalue weighted by atomic mass is 16.3. The second-order valence-corrected chi connectivity index (χ2v) is 5.12. The minimum absolute atomic E-state index is 0.0504. The molecule has 102 valence electrons. The van der Waals surface area contributed by atoms with E-state index in [-0.39, 0.29) is 35.4 Å². The molecule has 0 bridgehead atoms. The summed E-state index contributed by atoms with van der Waals surface area (Å²) in [5, 5.41) is 28.9. The van der Waals surface area contributed by atoms with Crippen LogP contribution in [-0.4, -0.2) is 21.1 Å². The van der Waals surface area contributed by atoms with Gasteiger partial charge in [0, 0.05) is 12.5 Å². The molecule has 0 heterocycles. The molecular weight excluding hydrogens is 256 g/mol. The zero-order chi connectivity index (χ0) is 14.3. The number of carbonyl (C=O) groups is 1. The molecule has 20 heavy (non-hydrogen) atoms. The third-order valence-corrected chi connectivity index (χ3v) is 3.70. The van der Waals surface area contributed by atoms with E-state index < -0.39 is 0 Å². The highest BCUT2D eigenvalue weighted by Crippen LogP contribution is 2.38. The van der Waals surface area contributed by atoms with E-state index in [4.69, 9.17) is 0 Å². The van der Waals surface area contributed by atoms with Crippen molar-refractivity contribution < 1.29 is 20.1 Å². The van der Waals surface area contributed by atoms with Gasteiger partial charge in [-0.15, -0.1) is 0 Å². The van der Waals surface area contributed by atoms with E-state index in [0.29, 0.717) is 17.5 Å². The number of rotatable bonds is 1. The van der Waals surface area contributed by atoms with Gasteiger partial charge in [0.15, 0.2) is 5.78 Å². The van der Waals surface area contributed by atoms with E-state index in [9.17, 15) is 20.1 Å². The molecule has 0 unspecified atom stereocenters. The number of aromatic hydroxyl groups is 3. The summed E-state index contributed by atoms with van der Waals surface area (Å²) in [5.41, 5.74) is 1.83. The molecule has 2 aromatic carbocycles. The van der Waals surface area contributed by atoms with Crippen LogP contribution in [0.3, 0.4) is 0 Å². The van der Waals surface area contributed by atoms with Gasteiger partial charge >= 0.3 is 0 Å². The number of phenols is 3. The van der Waals surface area contributed by atoms with Crippen LogP contribution in [0.25, 0.3) is 0 Å². The van der Waals surface area contributed by atoms with E-state index in [1.165, 1.54) is 12.1 Å². The summed E-state index contributed by atoms with van der Waals surface area (Å²) in [6, 6.07) is 9.54. The number of ketones is 1. The largest absolute Gasteiger partial charge is 0.508 e. The molecular formula is C16H14O4. The van der Waals surface area contributed by atoms with E-state index in [1.54, 1.807) is 18.2 Å². The molecule has 4 nitrogen and oxygen atoms in total. The molecule has 0 saturated heterocycles. The number of hydrogen-bond donors (Lipinski definition) is 3. The van der Waals surface area contributed by atoms with Crippen molar-refractivity contribution in [2.24, 2.45) is 0 Å². The maximum absolute atomic E-state index is 12.2. The number of hydrogen-bond acceptors (Lipinski definition) is 4. The Balaban J connectivity index is 2.02. The third-order valence-electron chi connectivity index (χ3n) is 3.70. The number of Topliss-reactive ketones (excluding diaryl/α,β-unsaturated/α-hetero) is 1. The van der Waals surface area contributed by atoms with Gasteiger partial charge in [0.1, 0.15) is 17.2 Å². The number of benzene rings is 2.